The summed E-state index contributed by atoms with van der Waals surface area (Å²) in [6, 6.07) is -1.69. The van der Waals surface area contributed by atoms with E-state index in [-0.39, 0.29) is 24.7 Å². The van der Waals surface area contributed by atoms with Gasteiger partial charge in [0.1, 0.15) is 5.54 Å². The van der Waals surface area contributed by atoms with E-state index in [0.29, 0.717) is 6.42 Å². The number of rotatable bonds is 5. The molecule has 2 amide bonds. The first kappa shape index (κ1) is 17.6. The molecule has 122 valence electrons. The molecule has 0 aromatic heterocycles. The zero-order valence-corrected chi connectivity index (χ0v) is 12.3. The van der Waals surface area contributed by atoms with Crippen molar-refractivity contribution in [3.05, 3.63) is 0 Å². The first-order valence-electron chi connectivity index (χ1n) is 6.72. The molecule has 0 heterocycles. The van der Waals surface area contributed by atoms with E-state index in [2.05, 4.69) is 5.32 Å². The second-order valence-electron chi connectivity index (χ2n) is 6.74. The Bertz CT molecular complexity index is 412. The summed E-state index contributed by atoms with van der Waals surface area (Å²) in [6.07, 6.45) is -4.76. The summed E-state index contributed by atoms with van der Waals surface area (Å²) < 4.78 is 38.2. The van der Waals surface area contributed by atoms with Gasteiger partial charge >= 0.3 is 18.2 Å². The standard InChI is InChI=1S/C13H21F3N2O3/c1-11(2,3)7-8(6-9(19)20)17-10(21)18-12(4-5-12)13(14,15)16/h8H,4-7H2,1-3H3,(H,19,20)(H2,17,18,21). The molecule has 0 aromatic carbocycles. The molecule has 3 N–H and O–H groups in total. The average Bonchev–Trinajstić information content (AvgIpc) is 2.92. The second kappa shape index (κ2) is 5.73. The van der Waals surface area contributed by atoms with Gasteiger partial charge in [-0.25, -0.2) is 4.79 Å². The number of carbonyl (C=O) groups is 2. The van der Waals surface area contributed by atoms with Crippen LogP contribution in [0.5, 0.6) is 0 Å². The Morgan fingerprint density at radius 3 is 2.10 bits per heavy atom. The van der Waals surface area contributed by atoms with Crippen LogP contribution >= 0.6 is 0 Å². The quantitative estimate of drug-likeness (QED) is 0.730. The number of hydrogen-bond acceptors (Lipinski definition) is 2. The van der Waals surface area contributed by atoms with Gasteiger partial charge in [-0.2, -0.15) is 13.2 Å². The largest absolute Gasteiger partial charge is 0.481 e. The zero-order chi connectivity index (χ0) is 16.5. The normalized spacial score (nSPS) is 18.8. The minimum Gasteiger partial charge on any atom is -0.481 e. The van der Waals surface area contributed by atoms with Gasteiger partial charge in [0.2, 0.25) is 0 Å². The number of carboxylic acid groups (broad SMARTS) is 1. The Labute approximate surface area is 121 Å². The Hall–Kier alpha value is -1.47. The van der Waals surface area contributed by atoms with Gasteiger partial charge in [0, 0.05) is 6.04 Å². The van der Waals surface area contributed by atoms with E-state index >= 15 is 0 Å². The van der Waals surface area contributed by atoms with Crippen LogP contribution in [0.15, 0.2) is 0 Å². The van der Waals surface area contributed by atoms with E-state index in [0.717, 1.165) is 0 Å². The summed E-state index contributed by atoms with van der Waals surface area (Å²) in [5.74, 6) is -1.11. The van der Waals surface area contributed by atoms with Crippen molar-refractivity contribution in [2.24, 2.45) is 5.41 Å². The van der Waals surface area contributed by atoms with Crippen LogP contribution in [0.2, 0.25) is 0 Å². The van der Waals surface area contributed by atoms with Gasteiger partial charge in [0.25, 0.3) is 0 Å². The minimum absolute atomic E-state index is 0.146. The van der Waals surface area contributed by atoms with Crippen molar-refractivity contribution in [1.29, 1.82) is 0 Å². The topological polar surface area (TPSA) is 78.4 Å². The van der Waals surface area contributed by atoms with Crippen LogP contribution in [-0.2, 0) is 4.79 Å². The predicted molar refractivity (Wildman–Crippen MR) is 69.8 cm³/mol. The molecular weight excluding hydrogens is 289 g/mol. The maximum Gasteiger partial charge on any atom is 0.411 e. The summed E-state index contributed by atoms with van der Waals surface area (Å²) in [5, 5.41) is 13.1. The average molecular weight is 310 g/mol. The van der Waals surface area contributed by atoms with Gasteiger partial charge in [-0.15, -0.1) is 0 Å². The van der Waals surface area contributed by atoms with Crippen molar-refractivity contribution in [2.45, 2.75) is 64.2 Å². The van der Waals surface area contributed by atoms with E-state index in [9.17, 15) is 22.8 Å². The van der Waals surface area contributed by atoms with E-state index < -0.39 is 29.8 Å². The minimum atomic E-state index is -4.49. The van der Waals surface area contributed by atoms with Gasteiger partial charge in [-0.05, 0) is 24.7 Å². The summed E-state index contributed by atoms with van der Waals surface area (Å²) in [5.41, 5.74) is -2.40. The van der Waals surface area contributed by atoms with Crippen molar-refractivity contribution in [3.8, 4) is 0 Å². The molecule has 1 fully saturated rings. The van der Waals surface area contributed by atoms with E-state index in [4.69, 9.17) is 5.11 Å². The molecule has 0 bridgehead atoms. The smallest absolute Gasteiger partial charge is 0.411 e. The molecule has 0 spiro atoms. The van der Waals surface area contributed by atoms with Gasteiger partial charge in [-0.1, -0.05) is 20.8 Å². The van der Waals surface area contributed by atoms with Crippen molar-refractivity contribution >= 4 is 12.0 Å². The predicted octanol–water partition coefficient (Wildman–Crippen LogP) is 2.66. The lowest BCUT2D eigenvalue weighted by atomic mass is 9.87. The maximum atomic E-state index is 12.7. The number of urea groups is 1. The third kappa shape index (κ3) is 5.43. The fraction of sp³-hybridized carbons (Fsp3) is 0.846. The SMILES string of the molecule is CC(C)(C)CC(CC(=O)O)NC(=O)NC1(C(F)(F)F)CC1. The van der Waals surface area contributed by atoms with Crippen molar-refractivity contribution in [2.75, 3.05) is 0 Å². The number of halogens is 3. The van der Waals surface area contributed by atoms with E-state index in [1.165, 1.54) is 0 Å². The number of carboxylic acids is 1. The Balaban J connectivity index is 2.62. The number of amides is 2. The Morgan fingerprint density at radius 1 is 1.24 bits per heavy atom. The molecule has 5 nitrogen and oxygen atoms in total. The monoisotopic (exact) mass is 310 g/mol. The number of aliphatic carboxylic acids is 1. The highest BCUT2D eigenvalue weighted by Crippen LogP contribution is 2.48. The first-order chi connectivity index (χ1) is 9.35. The molecule has 1 atom stereocenters. The number of carbonyl (C=O) groups excluding carboxylic acids is 1. The first-order valence-corrected chi connectivity index (χ1v) is 6.72. The van der Waals surface area contributed by atoms with Crippen LogP contribution < -0.4 is 10.6 Å². The number of nitrogens with one attached hydrogen (secondary N) is 2. The molecule has 1 unspecified atom stereocenters. The summed E-state index contributed by atoms with van der Waals surface area (Å²) >= 11 is 0. The third-order valence-corrected chi connectivity index (χ3v) is 3.26. The van der Waals surface area contributed by atoms with Crippen LogP contribution in [-0.4, -0.2) is 34.9 Å². The van der Waals surface area contributed by atoms with Crippen LogP contribution in [0, 0.1) is 5.41 Å². The molecule has 0 aliphatic heterocycles. The van der Waals surface area contributed by atoms with Crippen LogP contribution in [0.3, 0.4) is 0 Å². The molecule has 0 radical (unpaired) electrons. The van der Waals surface area contributed by atoms with Crippen molar-refractivity contribution < 1.29 is 27.9 Å². The highest BCUT2D eigenvalue weighted by Gasteiger charge is 2.64. The van der Waals surface area contributed by atoms with E-state index in [1.807, 2.05) is 26.1 Å². The van der Waals surface area contributed by atoms with Crippen LogP contribution in [0.1, 0.15) is 46.5 Å². The Kier molecular flexibility index (Phi) is 4.80. The second-order valence-corrected chi connectivity index (χ2v) is 6.74. The van der Waals surface area contributed by atoms with Crippen molar-refractivity contribution in [1.82, 2.24) is 10.6 Å². The molecular formula is C13H21F3N2O3. The van der Waals surface area contributed by atoms with Gasteiger partial charge in [0.05, 0.1) is 6.42 Å². The Morgan fingerprint density at radius 2 is 1.76 bits per heavy atom. The highest BCUT2D eigenvalue weighted by atomic mass is 19.4. The lowest BCUT2D eigenvalue weighted by molar-refractivity contribution is -0.162. The fourth-order valence-corrected chi connectivity index (χ4v) is 2.17. The maximum absolute atomic E-state index is 12.7. The third-order valence-electron chi connectivity index (χ3n) is 3.26. The molecule has 1 rings (SSSR count). The van der Waals surface area contributed by atoms with Gasteiger partial charge < -0.3 is 15.7 Å². The molecule has 21 heavy (non-hydrogen) atoms. The summed E-state index contributed by atoms with van der Waals surface area (Å²) in [6.45, 7) is 5.58. The molecule has 0 saturated heterocycles. The van der Waals surface area contributed by atoms with E-state index in [1.54, 1.807) is 0 Å². The molecule has 1 aliphatic rings. The van der Waals surface area contributed by atoms with Gasteiger partial charge in [-0.3, -0.25) is 4.79 Å². The lowest BCUT2D eigenvalue weighted by Gasteiger charge is -2.27. The van der Waals surface area contributed by atoms with Crippen molar-refractivity contribution in [3.63, 3.8) is 0 Å². The molecule has 8 heteroatoms. The van der Waals surface area contributed by atoms with Gasteiger partial charge in [0.15, 0.2) is 0 Å². The molecule has 1 saturated carbocycles. The summed E-state index contributed by atoms with van der Waals surface area (Å²) in [4.78, 5) is 22.5. The van der Waals surface area contributed by atoms with Crippen LogP contribution in [0.25, 0.3) is 0 Å². The van der Waals surface area contributed by atoms with Crippen LogP contribution in [0.4, 0.5) is 18.0 Å². The molecule has 0 aromatic rings. The lowest BCUT2D eigenvalue weighted by Crippen LogP contribution is -2.54. The number of alkyl halides is 3. The zero-order valence-electron chi connectivity index (χ0n) is 12.3. The molecule has 1 aliphatic carbocycles. The fourth-order valence-electron chi connectivity index (χ4n) is 2.17. The highest BCUT2D eigenvalue weighted by molar-refractivity contribution is 5.77. The number of hydrogen-bond donors (Lipinski definition) is 3. The summed E-state index contributed by atoms with van der Waals surface area (Å²) in [7, 11) is 0.